The van der Waals surface area contributed by atoms with Crippen molar-refractivity contribution in [3.63, 3.8) is 0 Å². The number of allylic oxidation sites excluding steroid dienone is 8. The molecule has 2 amide bonds. The smallest absolute Gasteiger partial charge is 0.284 e. The minimum atomic E-state index is -0.310. The summed E-state index contributed by atoms with van der Waals surface area (Å²) in [7, 11) is 0. The van der Waals surface area contributed by atoms with Crippen LogP contribution in [0.3, 0.4) is 0 Å². The number of hydrogen-bond acceptors (Lipinski definition) is 4. The van der Waals surface area contributed by atoms with Crippen LogP contribution in [0, 0.1) is 0 Å². The maximum Gasteiger partial charge on any atom is 0.284 e. The van der Waals surface area contributed by atoms with Crippen molar-refractivity contribution >= 4 is 23.2 Å². The van der Waals surface area contributed by atoms with Crippen molar-refractivity contribution in [2.45, 2.75) is 12.8 Å². The van der Waals surface area contributed by atoms with Crippen LogP contribution < -0.4 is 10.1 Å². The van der Waals surface area contributed by atoms with Gasteiger partial charge in [0.15, 0.2) is 11.5 Å². The monoisotopic (exact) mass is 372 g/mol. The number of carbonyl (C=O) groups excluding carboxylic acids is 2. The van der Waals surface area contributed by atoms with Crippen molar-refractivity contribution in [2.75, 3.05) is 10.1 Å². The minimum Gasteiger partial charge on any atom is -0.371 e. The number of carbonyl (C=O) groups is 2. The Morgan fingerprint density at radius 2 is 1.18 bits per heavy atom. The third kappa shape index (κ3) is 2.66. The minimum absolute atomic E-state index is 0.310. The maximum atomic E-state index is 12.7. The van der Waals surface area contributed by atoms with Crippen molar-refractivity contribution in [1.29, 1.82) is 0 Å². The highest BCUT2D eigenvalue weighted by Crippen LogP contribution is 2.38. The fraction of sp³-hybridized carbons (Fsp3) is 0.0909. The predicted octanol–water partition coefficient (Wildman–Crippen LogP) is 3.78. The van der Waals surface area contributed by atoms with Gasteiger partial charge in [0.1, 0.15) is 11.4 Å². The number of amides is 2. The molecule has 0 unspecified atom stereocenters. The van der Waals surface area contributed by atoms with Gasteiger partial charge >= 0.3 is 0 Å². The van der Waals surface area contributed by atoms with E-state index in [0.717, 1.165) is 11.1 Å². The molecule has 6 nitrogen and oxygen atoms in total. The van der Waals surface area contributed by atoms with Gasteiger partial charge in [-0.05, 0) is 37.1 Å². The number of rotatable bonds is 2. The molecule has 0 radical (unpaired) electrons. The summed E-state index contributed by atoms with van der Waals surface area (Å²) in [6, 6.07) is 7.00. The van der Waals surface area contributed by atoms with E-state index < -0.39 is 0 Å². The van der Waals surface area contributed by atoms with E-state index in [-0.39, 0.29) is 11.8 Å². The molecule has 4 aliphatic rings. The zero-order chi connectivity index (χ0) is 19.1. The molecule has 2 aliphatic heterocycles. The molecule has 28 heavy (non-hydrogen) atoms. The first-order valence-corrected chi connectivity index (χ1v) is 8.99. The van der Waals surface area contributed by atoms with Gasteiger partial charge in [0, 0.05) is 23.3 Å². The Balaban J connectivity index is 1.54. The molecule has 5 rings (SSSR count). The first-order valence-electron chi connectivity index (χ1n) is 8.99. The second-order valence-corrected chi connectivity index (χ2v) is 6.60. The largest absolute Gasteiger partial charge is 0.371 e. The molecular formula is C22H16N2O4. The number of hydrogen-bond donors (Lipinski definition) is 0. The lowest BCUT2D eigenvalue weighted by molar-refractivity contribution is -0.121. The topological polar surface area (TPSA) is 59.1 Å². The normalized spacial score (nSPS) is 20.3. The van der Waals surface area contributed by atoms with Crippen LogP contribution in [-0.4, -0.2) is 11.8 Å². The van der Waals surface area contributed by atoms with Gasteiger partial charge in [0.05, 0.1) is 0 Å². The van der Waals surface area contributed by atoms with E-state index in [1.54, 1.807) is 36.4 Å². The maximum absolute atomic E-state index is 12.7. The fourth-order valence-corrected chi connectivity index (χ4v) is 3.40. The zero-order valence-corrected chi connectivity index (χ0v) is 14.9. The molecule has 1 aromatic carbocycles. The predicted molar refractivity (Wildman–Crippen MR) is 103 cm³/mol. The van der Waals surface area contributed by atoms with Crippen molar-refractivity contribution in [2.24, 2.45) is 0 Å². The van der Waals surface area contributed by atoms with Crippen molar-refractivity contribution in [1.82, 2.24) is 0 Å². The SMILES string of the molecule is O=C1C=C2CC=CC=C2ON1c1ccccc1N1OC2=CC=CCC2=CC1=O. The van der Waals surface area contributed by atoms with Gasteiger partial charge in [-0.3, -0.25) is 9.59 Å². The Kier molecular flexibility index (Phi) is 3.76. The molecule has 6 heteroatoms. The number of benzene rings is 1. The highest BCUT2D eigenvalue weighted by molar-refractivity contribution is 6.08. The highest BCUT2D eigenvalue weighted by atomic mass is 16.7. The molecule has 2 heterocycles. The average molecular weight is 372 g/mol. The molecule has 0 saturated heterocycles. The van der Waals surface area contributed by atoms with Gasteiger partial charge in [0.25, 0.3) is 11.8 Å². The van der Waals surface area contributed by atoms with Crippen LogP contribution in [0.4, 0.5) is 11.4 Å². The molecule has 0 spiro atoms. The Labute approximate surface area is 161 Å². The van der Waals surface area contributed by atoms with Gasteiger partial charge in [0.2, 0.25) is 0 Å². The summed E-state index contributed by atoms with van der Waals surface area (Å²) in [6.07, 6.45) is 15.7. The summed E-state index contributed by atoms with van der Waals surface area (Å²) in [5.41, 5.74) is 2.52. The van der Waals surface area contributed by atoms with Gasteiger partial charge < -0.3 is 9.68 Å². The van der Waals surface area contributed by atoms with Crippen LogP contribution in [-0.2, 0) is 19.3 Å². The number of para-hydroxylation sites is 2. The first-order chi connectivity index (χ1) is 13.7. The Hall–Kier alpha value is -3.80. The summed E-state index contributed by atoms with van der Waals surface area (Å²) < 4.78 is 0. The highest BCUT2D eigenvalue weighted by Gasteiger charge is 2.33. The lowest BCUT2D eigenvalue weighted by Gasteiger charge is -2.33. The molecule has 0 fully saturated rings. The number of hydroxylamine groups is 2. The van der Waals surface area contributed by atoms with Crippen molar-refractivity contribution < 1.29 is 19.3 Å². The van der Waals surface area contributed by atoms with E-state index in [1.165, 1.54) is 10.1 Å². The summed E-state index contributed by atoms with van der Waals surface area (Å²) >= 11 is 0. The third-order valence-electron chi connectivity index (χ3n) is 4.77. The lowest BCUT2D eigenvalue weighted by atomic mass is 10.0. The van der Waals surface area contributed by atoms with E-state index in [4.69, 9.17) is 9.68 Å². The quantitative estimate of drug-likeness (QED) is 0.793. The van der Waals surface area contributed by atoms with Gasteiger partial charge in [-0.1, -0.05) is 36.4 Å². The Morgan fingerprint density at radius 3 is 1.64 bits per heavy atom. The van der Waals surface area contributed by atoms with Crippen LogP contribution in [0.2, 0.25) is 0 Å². The molecule has 138 valence electrons. The van der Waals surface area contributed by atoms with E-state index in [0.29, 0.717) is 35.7 Å². The summed E-state index contributed by atoms with van der Waals surface area (Å²) in [6.45, 7) is 0. The molecule has 1 aromatic rings. The summed E-state index contributed by atoms with van der Waals surface area (Å²) in [5, 5.41) is 2.38. The van der Waals surface area contributed by atoms with Crippen molar-refractivity contribution in [3.05, 3.63) is 95.5 Å². The fourth-order valence-electron chi connectivity index (χ4n) is 3.40. The molecule has 0 N–H and O–H groups in total. The van der Waals surface area contributed by atoms with Crippen molar-refractivity contribution in [3.8, 4) is 0 Å². The molecule has 0 atom stereocenters. The second-order valence-electron chi connectivity index (χ2n) is 6.60. The number of anilines is 2. The van der Waals surface area contributed by atoms with E-state index in [1.807, 2.05) is 36.5 Å². The number of nitrogens with zero attached hydrogens (tertiary/aromatic N) is 2. The van der Waals surface area contributed by atoms with E-state index >= 15 is 0 Å². The van der Waals surface area contributed by atoms with Gasteiger partial charge in [-0.25, -0.2) is 0 Å². The summed E-state index contributed by atoms with van der Waals surface area (Å²) in [4.78, 5) is 37.1. The zero-order valence-electron chi connectivity index (χ0n) is 14.9. The molecule has 0 bridgehead atoms. The second kappa shape index (κ2) is 6.42. The molecule has 2 aliphatic carbocycles. The van der Waals surface area contributed by atoms with Crippen LogP contribution in [0.25, 0.3) is 0 Å². The molecule has 0 saturated carbocycles. The standard InChI is InChI=1S/C22H16N2O4/c25-21-13-15-7-1-5-11-19(15)27-23(21)17-9-3-4-10-18(17)24-22(26)14-16-8-2-6-12-20(16)28-24/h1-6,9-14H,7-8H2. The summed E-state index contributed by atoms with van der Waals surface area (Å²) in [5.74, 6) is 0.612. The molecular weight excluding hydrogens is 356 g/mol. The lowest BCUT2D eigenvalue weighted by Crippen LogP contribution is -2.38. The first kappa shape index (κ1) is 16.4. The van der Waals surface area contributed by atoms with Crippen LogP contribution >= 0.6 is 0 Å². The molecule has 0 aromatic heterocycles. The van der Waals surface area contributed by atoms with Gasteiger partial charge in [-0.15, -0.1) is 10.1 Å². The Bertz CT molecular complexity index is 987. The van der Waals surface area contributed by atoms with E-state index in [2.05, 4.69) is 0 Å². The van der Waals surface area contributed by atoms with E-state index in [9.17, 15) is 9.59 Å². The third-order valence-corrected chi connectivity index (χ3v) is 4.77. The van der Waals surface area contributed by atoms with Gasteiger partial charge in [-0.2, -0.15) is 0 Å². The van der Waals surface area contributed by atoms with Crippen LogP contribution in [0.5, 0.6) is 0 Å². The van der Waals surface area contributed by atoms with Crippen LogP contribution in [0.1, 0.15) is 12.8 Å². The average Bonchev–Trinajstić information content (AvgIpc) is 2.73. The Morgan fingerprint density at radius 1 is 0.714 bits per heavy atom. The van der Waals surface area contributed by atoms with Crippen LogP contribution in [0.15, 0.2) is 95.5 Å². The number of fused-ring (bicyclic) bond motifs is 2.